The molecule has 0 unspecified atom stereocenters. The maximum atomic E-state index is 6.03. The Kier molecular flexibility index (Phi) is 3.64. The molecule has 0 amide bonds. The van der Waals surface area contributed by atoms with Crippen LogP contribution in [-0.2, 0) is 0 Å². The molecule has 78 valence electrons. The van der Waals surface area contributed by atoms with Crippen molar-refractivity contribution in [1.82, 2.24) is 0 Å². The van der Waals surface area contributed by atoms with Crippen LogP contribution >= 0.6 is 11.6 Å². The summed E-state index contributed by atoms with van der Waals surface area (Å²) in [6, 6.07) is 6.27. The summed E-state index contributed by atoms with van der Waals surface area (Å²) >= 11 is 6.03. The van der Waals surface area contributed by atoms with E-state index in [9.17, 15) is 0 Å². The van der Waals surface area contributed by atoms with E-state index in [-0.39, 0.29) is 0 Å². The van der Waals surface area contributed by atoms with Crippen molar-refractivity contribution < 1.29 is 4.74 Å². The molecule has 0 aromatic heterocycles. The van der Waals surface area contributed by atoms with Crippen molar-refractivity contribution in [2.45, 2.75) is 19.9 Å². The normalized spacial score (nSPS) is 10.4. The Morgan fingerprint density at radius 3 is 2.43 bits per heavy atom. The highest BCUT2D eigenvalue weighted by Crippen LogP contribution is 2.29. The number of halogens is 1. The van der Waals surface area contributed by atoms with E-state index in [1.54, 1.807) is 7.11 Å². The number of hydrogen-bond acceptors (Lipinski definition) is 2. The molecule has 0 aliphatic heterocycles. The Morgan fingerprint density at radius 1 is 1.36 bits per heavy atom. The van der Waals surface area contributed by atoms with Gasteiger partial charge < -0.3 is 9.64 Å². The van der Waals surface area contributed by atoms with Gasteiger partial charge in [-0.05, 0) is 32.0 Å². The second kappa shape index (κ2) is 4.56. The number of anilines is 1. The lowest BCUT2D eigenvalue weighted by Crippen LogP contribution is -2.25. The number of rotatable bonds is 3. The van der Waals surface area contributed by atoms with Crippen LogP contribution in [-0.4, -0.2) is 20.2 Å². The number of methoxy groups -OCH3 is 1. The Bertz CT molecular complexity index is 312. The Hall–Kier alpha value is -0.890. The van der Waals surface area contributed by atoms with Crippen molar-refractivity contribution in [3.8, 4) is 5.75 Å². The lowest BCUT2D eigenvalue weighted by molar-refractivity contribution is 0.415. The average molecular weight is 214 g/mol. The molecule has 0 saturated heterocycles. The van der Waals surface area contributed by atoms with E-state index >= 15 is 0 Å². The molecule has 0 aliphatic rings. The average Bonchev–Trinajstić information content (AvgIpc) is 2.16. The van der Waals surface area contributed by atoms with Gasteiger partial charge in [-0.15, -0.1) is 0 Å². The van der Waals surface area contributed by atoms with Crippen LogP contribution < -0.4 is 9.64 Å². The Balaban J connectivity index is 2.96. The minimum atomic E-state index is 0.458. The molecule has 0 heterocycles. The third-order valence-electron chi connectivity index (χ3n) is 2.32. The van der Waals surface area contributed by atoms with Crippen LogP contribution in [0.2, 0.25) is 5.02 Å². The predicted octanol–water partition coefficient (Wildman–Crippen LogP) is 3.19. The van der Waals surface area contributed by atoms with E-state index in [1.165, 1.54) is 0 Å². The van der Waals surface area contributed by atoms with Crippen LogP contribution in [0.1, 0.15) is 13.8 Å². The summed E-state index contributed by atoms with van der Waals surface area (Å²) in [5.74, 6) is 0.715. The minimum absolute atomic E-state index is 0.458. The topological polar surface area (TPSA) is 12.5 Å². The second-order valence-electron chi connectivity index (χ2n) is 3.52. The standard InChI is InChI=1S/C11H16ClNO/c1-8(2)13(3)9-5-6-11(14-4)10(12)7-9/h5-8H,1-4H3. The summed E-state index contributed by atoms with van der Waals surface area (Å²) < 4.78 is 5.09. The van der Waals surface area contributed by atoms with Gasteiger partial charge in [0.2, 0.25) is 0 Å². The quantitative estimate of drug-likeness (QED) is 0.765. The van der Waals surface area contributed by atoms with Crippen molar-refractivity contribution in [2.75, 3.05) is 19.1 Å². The van der Waals surface area contributed by atoms with Crippen LogP contribution in [0.3, 0.4) is 0 Å². The maximum absolute atomic E-state index is 6.03. The molecule has 0 saturated carbocycles. The fourth-order valence-electron chi connectivity index (χ4n) is 1.17. The molecule has 0 aliphatic carbocycles. The lowest BCUT2D eigenvalue weighted by atomic mass is 10.2. The number of benzene rings is 1. The number of hydrogen-bond donors (Lipinski definition) is 0. The summed E-state index contributed by atoms with van der Waals surface area (Å²) in [4.78, 5) is 2.16. The molecular weight excluding hydrogens is 198 g/mol. The molecule has 0 spiro atoms. The molecular formula is C11H16ClNO. The van der Waals surface area contributed by atoms with Gasteiger partial charge >= 0.3 is 0 Å². The van der Waals surface area contributed by atoms with E-state index in [4.69, 9.17) is 16.3 Å². The fraction of sp³-hybridized carbons (Fsp3) is 0.455. The summed E-state index contributed by atoms with van der Waals surface area (Å²) in [5.41, 5.74) is 1.10. The van der Waals surface area contributed by atoms with Crippen LogP contribution in [0, 0.1) is 0 Å². The van der Waals surface area contributed by atoms with Gasteiger partial charge in [-0.1, -0.05) is 11.6 Å². The smallest absolute Gasteiger partial charge is 0.137 e. The summed E-state index contributed by atoms with van der Waals surface area (Å²) in [6.07, 6.45) is 0. The molecule has 1 aromatic rings. The molecule has 0 atom stereocenters. The number of nitrogens with zero attached hydrogens (tertiary/aromatic N) is 1. The largest absolute Gasteiger partial charge is 0.495 e. The first-order chi connectivity index (χ1) is 6.56. The van der Waals surface area contributed by atoms with Gasteiger partial charge in [0.1, 0.15) is 5.75 Å². The highest BCUT2D eigenvalue weighted by atomic mass is 35.5. The highest BCUT2D eigenvalue weighted by molar-refractivity contribution is 6.32. The summed E-state index contributed by atoms with van der Waals surface area (Å²) in [6.45, 7) is 4.27. The van der Waals surface area contributed by atoms with E-state index in [2.05, 4.69) is 18.7 Å². The van der Waals surface area contributed by atoms with Crippen molar-refractivity contribution in [3.63, 3.8) is 0 Å². The second-order valence-corrected chi connectivity index (χ2v) is 3.93. The summed E-state index contributed by atoms with van der Waals surface area (Å²) in [5, 5.41) is 0.650. The van der Waals surface area contributed by atoms with Crippen molar-refractivity contribution in [1.29, 1.82) is 0 Å². The lowest BCUT2D eigenvalue weighted by Gasteiger charge is -2.24. The molecule has 0 N–H and O–H groups in total. The fourth-order valence-corrected chi connectivity index (χ4v) is 1.42. The Morgan fingerprint density at radius 2 is 2.00 bits per heavy atom. The molecule has 1 rings (SSSR count). The highest BCUT2D eigenvalue weighted by Gasteiger charge is 2.07. The van der Waals surface area contributed by atoms with Crippen molar-refractivity contribution in [3.05, 3.63) is 23.2 Å². The van der Waals surface area contributed by atoms with Gasteiger partial charge in [-0.2, -0.15) is 0 Å². The van der Waals surface area contributed by atoms with Crippen LogP contribution in [0.15, 0.2) is 18.2 Å². The van der Waals surface area contributed by atoms with Gasteiger partial charge in [0.05, 0.1) is 12.1 Å². The molecule has 1 aromatic carbocycles. The zero-order valence-corrected chi connectivity index (χ0v) is 9.80. The third-order valence-corrected chi connectivity index (χ3v) is 2.61. The molecule has 0 bridgehead atoms. The van der Waals surface area contributed by atoms with Gasteiger partial charge in [0, 0.05) is 18.8 Å². The van der Waals surface area contributed by atoms with E-state index in [0.29, 0.717) is 16.8 Å². The first kappa shape index (κ1) is 11.2. The van der Waals surface area contributed by atoms with Gasteiger partial charge in [-0.3, -0.25) is 0 Å². The summed E-state index contributed by atoms with van der Waals surface area (Å²) in [7, 11) is 3.66. The minimum Gasteiger partial charge on any atom is -0.495 e. The number of ether oxygens (including phenoxy) is 1. The van der Waals surface area contributed by atoms with E-state index < -0.39 is 0 Å². The molecule has 0 fully saturated rings. The van der Waals surface area contributed by atoms with Gasteiger partial charge in [-0.25, -0.2) is 0 Å². The van der Waals surface area contributed by atoms with E-state index in [0.717, 1.165) is 5.69 Å². The van der Waals surface area contributed by atoms with Gasteiger partial charge in [0.15, 0.2) is 0 Å². The van der Waals surface area contributed by atoms with E-state index in [1.807, 2.05) is 25.2 Å². The molecule has 14 heavy (non-hydrogen) atoms. The Labute approximate surface area is 90.4 Å². The van der Waals surface area contributed by atoms with Crippen molar-refractivity contribution >= 4 is 17.3 Å². The third kappa shape index (κ3) is 2.32. The monoisotopic (exact) mass is 213 g/mol. The maximum Gasteiger partial charge on any atom is 0.137 e. The first-order valence-electron chi connectivity index (χ1n) is 4.62. The molecule has 2 nitrogen and oxygen atoms in total. The van der Waals surface area contributed by atoms with Crippen LogP contribution in [0.4, 0.5) is 5.69 Å². The van der Waals surface area contributed by atoms with Crippen molar-refractivity contribution in [2.24, 2.45) is 0 Å². The molecule has 0 radical (unpaired) electrons. The predicted molar refractivity (Wildman–Crippen MR) is 61.5 cm³/mol. The van der Waals surface area contributed by atoms with Gasteiger partial charge in [0.25, 0.3) is 0 Å². The SMILES string of the molecule is COc1ccc(N(C)C(C)C)cc1Cl. The van der Waals surface area contributed by atoms with Crippen LogP contribution in [0.25, 0.3) is 0 Å². The molecule has 3 heteroatoms. The zero-order valence-electron chi connectivity index (χ0n) is 9.04. The van der Waals surface area contributed by atoms with Crippen LogP contribution in [0.5, 0.6) is 5.75 Å². The first-order valence-corrected chi connectivity index (χ1v) is 5.00. The zero-order chi connectivity index (χ0) is 10.7.